The van der Waals surface area contributed by atoms with E-state index >= 15 is 0 Å². The molecule has 0 spiro atoms. The van der Waals surface area contributed by atoms with Crippen molar-refractivity contribution in [3.8, 4) is 11.5 Å². The topological polar surface area (TPSA) is 30.5 Å². The molecular weight excluding hydrogens is 269 g/mol. The molecule has 3 rings (SSSR count). The van der Waals surface area contributed by atoms with E-state index in [-0.39, 0.29) is 11.9 Å². The molecule has 4 heteroatoms. The maximum atomic E-state index is 13.1. The quantitative estimate of drug-likeness (QED) is 0.941. The molecule has 0 bridgehead atoms. The molecule has 110 valence electrons. The number of hydrogen-bond acceptors (Lipinski definition) is 3. The second-order valence-electron chi connectivity index (χ2n) is 5.09. The molecule has 0 radical (unpaired) electrons. The highest BCUT2D eigenvalue weighted by atomic mass is 19.1. The Bertz CT molecular complexity index is 640. The number of methoxy groups -OCH3 is 2. The molecule has 1 unspecified atom stereocenters. The molecule has 1 aliphatic heterocycles. The molecule has 1 heterocycles. The summed E-state index contributed by atoms with van der Waals surface area (Å²) in [7, 11) is 3.27. The Morgan fingerprint density at radius 1 is 1.05 bits per heavy atom. The van der Waals surface area contributed by atoms with Gasteiger partial charge in [0, 0.05) is 6.54 Å². The van der Waals surface area contributed by atoms with Crippen molar-refractivity contribution in [1.29, 1.82) is 0 Å². The molecule has 0 fully saturated rings. The average Bonchev–Trinajstić information content (AvgIpc) is 2.53. The van der Waals surface area contributed by atoms with Gasteiger partial charge in [-0.1, -0.05) is 12.1 Å². The summed E-state index contributed by atoms with van der Waals surface area (Å²) in [6.07, 6.45) is 0.938. The largest absolute Gasteiger partial charge is 0.493 e. The standard InChI is InChI=1S/C17H18FNO2/c1-20-15-9-12-7-8-19-17(14(12)10-16(15)21-2)11-3-5-13(18)6-4-11/h3-6,9-10,17,19H,7-8H2,1-2H3. The van der Waals surface area contributed by atoms with Crippen molar-refractivity contribution in [2.24, 2.45) is 0 Å². The fourth-order valence-corrected chi connectivity index (χ4v) is 2.84. The lowest BCUT2D eigenvalue weighted by atomic mass is 9.89. The molecule has 21 heavy (non-hydrogen) atoms. The lowest BCUT2D eigenvalue weighted by molar-refractivity contribution is 0.353. The summed E-state index contributed by atoms with van der Waals surface area (Å²) in [5.74, 6) is 1.24. The van der Waals surface area contributed by atoms with Crippen LogP contribution in [0.2, 0.25) is 0 Å². The van der Waals surface area contributed by atoms with Gasteiger partial charge in [-0.25, -0.2) is 4.39 Å². The molecule has 0 amide bonds. The third-order valence-electron chi connectivity index (χ3n) is 3.90. The van der Waals surface area contributed by atoms with Crippen LogP contribution in [0.1, 0.15) is 22.7 Å². The normalized spacial score (nSPS) is 17.2. The summed E-state index contributed by atoms with van der Waals surface area (Å²) < 4.78 is 23.9. The summed E-state index contributed by atoms with van der Waals surface area (Å²) in [6, 6.07) is 10.7. The molecule has 0 saturated carbocycles. The lowest BCUT2D eigenvalue weighted by Gasteiger charge is -2.28. The van der Waals surface area contributed by atoms with Gasteiger partial charge in [0.25, 0.3) is 0 Å². The van der Waals surface area contributed by atoms with Crippen molar-refractivity contribution in [2.45, 2.75) is 12.5 Å². The number of hydrogen-bond donors (Lipinski definition) is 1. The fourth-order valence-electron chi connectivity index (χ4n) is 2.84. The number of ether oxygens (including phenoxy) is 2. The second kappa shape index (κ2) is 5.74. The predicted molar refractivity (Wildman–Crippen MR) is 79.5 cm³/mol. The Hall–Kier alpha value is -2.07. The minimum atomic E-state index is -0.220. The van der Waals surface area contributed by atoms with Crippen LogP contribution < -0.4 is 14.8 Å². The minimum absolute atomic E-state index is 0.0501. The van der Waals surface area contributed by atoms with Crippen molar-refractivity contribution >= 4 is 0 Å². The van der Waals surface area contributed by atoms with Gasteiger partial charge >= 0.3 is 0 Å². The highest BCUT2D eigenvalue weighted by Crippen LogP contribution is 2.37. The van der Waals surface area contributed by atoms with Crippen LogP contribution in [0, 0.1) is 5.82 Å². The zero-order valence-corrected chi connectivity index (χ0v) is 12.2. The van der Waals surface area contributed by atoms with Gasteiger partial charge in [0.15, 0.2) is 11.5 Å². The molecule has 2 aromatic carbocycles. The van der Waals surface area contributed by atoms with Crippen LogP contribution in [0.25, 0.3) is 0 Å². The van der Waals surface area contributed by atoms with Crippen molar-refractivity contribution < 1.29 is 13.9 Å². The maximum Gasteiger partial charge on any atom is 0.161 e. The van der Waals surface area contributed by atoms with Crippen molar-refractivity contribution in [3.05, 3.63) is 58.9 Å². The Labute approximate surface area is 123 Å². The van der Waals surface area contributed by atoms with Crippen LogP contribution in [-0.4, -0.2) is 20.8 Å². The number of benzene rings is 2. The number of fused-ring (bicyclic) bond motifs is 1. The molecular formula is C17H18FNO2. The summed E-state index contributed by atoms with van der Waals surface area (Å²) in [4.78, 5) is 0. The van der Waals surface area contributed by atoms with Gasteiger partial charge in [-0.2, -0.15) is 0 Å². The Balaban J connectivity index is 2.06. The summed E-state index contributed by atoms with van der Waals surface area (Å²) in [5.41, 5.74) is 3.44. The third-order valence-corrected chi connectivity index (χ3v) is 3.90. The van der Waals surface area contributed by atoms with Crippen LogP contribution in [0.5, 0.6) is 11.5 Å². The van der Waals surface area contributed by atoms with Gasteiger partial charge in [-0.15, -0.1) is 0 Å². The monoisotopic (exact) mass is 287 g/mol. The minimum Gasteiger partial charge on any atom is -0.493 e. The van der Waals surface area contributed by atoms with Crippen LogP contribution in [0.3, 0.4) is 0 Å². The van der Waals surface area contributed by atoms with Gasteiger partial charge in [-0.05, 0) is 47.4 Å². The van der Waals surface area contributed by atoms with Crippen molar-refractivity contribution in [2.75, 3.05) is 20.8 Å². The van der Waals surface area contributed by atoms with Gasteiger partial charge in [0.2, 0.25) is 0 Å². The summed E-state index contributed by atoms with van der Waals surface area (Å²) in [5, 5.41) is 3.48. The van der Waals surface area contributed by atoms with Gasteiger partial charge in [0.05, 0.1) is 20.3 Å². The second-order valence-corrected chi connectivity index (χ2v) is 5.09. The van der Waals surface area contributed by atoms with Gasteiger partial charge < -0.3 is 14.8 Å². The van der Waals surface area contributed by atoms with E-state index in [2.05, 4.69) is 5.32 Å². The fraction of sp³-hybridized carbons (Fsp3) is 0.294. The molecule has 1 aliphatic rings. The van der Waals surface area contributed by atoms with Gasteiger partial charge in [0.1, 0.15) is 5.82 Å². The Morgan fingerprint density at radius 3 is 2.38 bits per heavy atom. The molecule has 1 atom stereocenters. The smallest absolute Gasteiger partial charge is 0.161 e. The third kappa shape index (κ3) is 2.59. The van der Waals surface area contributed by atoms with Crippen molar-refractivity contribution in [3.63, 3.8) is 0 Å². The summed E-state index contributed by atoms with van der Waals surface area (Å²) >= 11 is 0. The zero-order chi connectivity index (χ0) is 14.8. The first-order valence-electron chi connectivity index (χ1n) is 6.96. The first-order valence-corrected chi connectivity index (χ1v) is 6.96. The highest BCUT2D eigenvalue weighted by molar-refractivity contribution is 5.51. The zero-order valence-electron chi connectivity index (χ0n) is 12.2. The molecule has 0 saturated heterocycles. The van der Waals surface area contributed by atoms with E-state index in [1.54, 1.807) is 14.2 Å². The van der Waals surface area contributed by atoms with Crippen molar-refractivity contribution in [1.82, 2.24) is 5.32 Å². The van der Waals surface area contributed by atoms with E-state index in [0.29, 0.717) is 5.75 Å². The average molecular weight is 287 g/mol. The molecule has 3 nitrogen and oxygen atoms in total. The van der Waals surface area contributed by atoms with Crippen LogP contribution in [-0.2, 0) is 6.42 Å². The molecule has 0 aliphatic carbocycles. The van der Waals surface area contributed by atoms with E-state index in [0.717, 1.165) is 29.8 Å². The molecule has 0 aromatic heterocycles. The predicted octanol–water partition coefficient (Wildman–Crippen LogP) is 3.08. The van der Waals surface area contributed by atoms with E-state index < -0.39 is 0 Å². The maximum absolute atomic E-state index is 13.1. The van der Waals surface area contributed by atoms with Crippen LogP contribution in [0.4, 0.5) is 4.39 Å². The Kier molecular flexibility index (Phi) is 3.80. The number of halogens is 1. The van der Waals surface area contributed by atoms with Crippen LogP contribution >= 0.6 is 0 Å². The number of rotatable bonds is 3. The first-order chi connectivity index (χ1) is 10.2. The SMILES string of the molecule is COc1cc2c(cc1OC)C(c1ccc(F)cc1)NCC2. The molecule has 2 aromatic rings. The first kappa shape index (κ1) is 13.9. The van der Waals surface area contributed by atoms with Crippen LogP contribution in [0.15, 0.2) is 36.4 Å². The van der Waals surface area contributed by atoms with E-state index in [1.807, 2.05) is 24.3 Å². The Morgan fingerprint density at radius 2 is 1.71 bits per heavy atom. The van der Waals surface area contributed by atoms with E-state index in [1.165, 1.54) is 17.7 Å². The lowest BCUT2D eigenvalue weighted by Crippen LogP contribution is -2.30. The van der Waals surface area contributed by atoms with Gasteiger partial charge in [-0.3, -0.25) is 0 Å². The molecule has 1 N–H and O–H groups in total. The van der Waals surface area contributed by atoms with E-state index in [9.17, 15) is 4.39 Å². The number of nitrogens with one attached hydrogen (secondary N) is 1. The highest BCUT2D eigenvalue weighted by Gasteiger charge is 2.23. The summed E-state index contributed by atoms with van der Waals surface area (Å²) in [6.45, 7) is 0.879. The van der Waals surface area contributed by atoms with E-state index in [4.69, 9.17) is 9.47 Å².